The van der Waals surface area contributed by atoms with E-state index in [0.717, 1.165) is 17.7 Å². The third-order valence-electron chi connectivity index (χ3n) is 3.67. The molecule has 0 saturated carbocycles. The van der Waals surface area contributed by atoms with E-state index in [-0.39, 0.29) is 11.0 Å². The summed E-state index contributed by atoms with van der Waals surface area (Å²) in [6.45, 7) is 4.24. The molecular weight excluding hydrogens is 328 g/mol. The van der Waals surface area contributed by atoms with Crippen molar-refractivity contribution in [3.63, 3.8) is 0 Å². The van der Waals surface area contributed by atoms with Crippen LogP contribution in [0.4, 0.5) is 5.69 Å². The Kier molecular flexibility index (Phi) is 6.13. The molecule has 3 nitrogen and oxygen atoms in total. The Labute approximate surface area is 147 Å². The van der Waals surface area contributed by atoms with E-state index in [1.165, 1.54) is 0 Å². The maximum absolute atomic E-state index is 12.1. The van der Waals surface area contributed by atoms with Gasteiger partial charge in [0.15, 0.2) is 5.11 Å². The molecule has 0 bridgehead atoms. The fraction of sp³-hybridized carbons (Fsp3) is 0.222. The number of rotatable bonds is 4. The van der Waals surface area contributed by atoms with Gasteiger partial charge >= 0.3 is 0 Å². The van der Waals surface area contributed by atoms with Crippen molar-refractivity contribution in [1.82, 2.24) is 5.32 Å². The number of hydrogen-bond donors (Lipinski definition) is 2. The third-order valence-corrected chi connectivity index (χ3v) is 4.11. The molecule has 5 heteroatoms. The molecule has 2 aromatic carbocycles. The standard InChI is InChI=1S/C18H19ClN2OS/c1-3-12(2)15-11-14(19)9-10-16(15)20-18(23)21-17(22)13-7-5-4-6-8-13/h4-12H,3H2,1-2H3,(H2,20,21,22,23). The van der Waals surface area contributed by atoms with Crippen molar-refractivity contribution in [2.75, 3.05) is 5.32 Å². The Morgan fingerprint density at radius 3 is 2.57 bits per heavy atom. The Bertz CT molecular complexity index is 703. The second-order valence-electron chi connectivity index (χ2n) is 5.32. The van der Waals surface area contributed by atoms with Crippen molar-refractivity contribution >= 4 is 40.5 Å². The van der Waals surface area contributed by atoms with Gasteiger partial charge in [-0.25, -0.2) is 0 Å². The fourth-order valence-corrected chi connectivity index (χ4v) is 2.58. The summed E-state index contributed by atoms with van der Waals surface area (Å²) in [4.78, 5) is 12.1. The number of amides is 1. The highest BCUT2D eigenvalue weighted by molar-refractivity contribution is 7.80. The quantitative estimate of drug-likeness (QED) is 0.767. The van der Waals surface area contributed by atoms with E-state index in [1.807, 2.05) is 30.3 Å². The van der Waals surface area contributed by atoms with Gasteiger partial charge in [-0.05, 0) is 60.5 Å². The van der Waals surface area contributed by atoms with E-state index in [9.17, 15) is 4.79 Å². The first-order valence-electron chi connectivity index (χ1n) is 7.48. The average Bonchev–Trinajstić information content (AvgIpc) is 2.56. The summed E-state index contributed by atoms with van der Waals surface area (Å²) in [6.07, 6.45) is 0.984. The van der Waals surface area contributed by atoms with Gasteiger partial charge in [-0.3, -0.25) is 10.1 Å². The molecule has 2 rings (SSSR count). The molecule has 2 N–H and O–H groups in total. The Morgan fingerprint density at radius 2 is 1.91 bits per heavy atom. The lowest BCUT2D eigenvalue weighted by atomic mass is 9.97. The minimum atomic E-state index is -0.234. The van der Waals surface area contributed by atoms with Crippen LogP contribution in [0.15, 0.2) is 48.5 Å². The lowest BCUT2D eigenvalue weighted by Gasteiger charge is -2.17. The highest BCUT2D eigenvalue weighted by Gasteiger charge is 2.12. The summed E-state index contributed by atoms with van der Waals surface area (Å²) in [7, 11) is 0. The van der Waals surface area contributed by atoms with Crippen molar-refractivity contribution in [3.05, 3.63) is 64.7 Å². The van der Waals surface area contributed by atoms with Gasteiger partial charge in [-0.2, -0.15) is 0 Å². The second-order valence-corrected chi connectivity index (χ2v) is 6.16. The fourth-order valence-electron chi connectivity index (χ4n) is 2.19. The van der Waals surface area contributed by atoms with Gasteiger partial charge in [-0.1, -0.05) is 43.6 Å². The molecule has 0 saturated heterocycles. The van der Waals surface area contributed by atoms with Crippen LogP contribution in [0.1, 0.15) is 42.1 Å². The van der Waals surface area contributed by atoms with Gasteiger partial charge in [-0.15, -0.1) is 0 Å². The molecule has 0 aliphatic carbocycles. The van der Waals surface area contributed by atoms with Gasteiger partial charge < -0.3 is 5.32 Å². The molecule has 0 fully saturated rings. The van der Waals surface area contributed by atoms with Gasteiger partial charge in [0.05, 0.1) is 0 Å². The number of halogens is 1. The predicted octanol–water partition coefficient (Wildman–Crippen LogP) is 4.98. The maximum Gasteiger partial charge on any atom is 0.257 e. The molecule has 1 atom stereocenters. The van der Waals surface area contributed by atoms with E-state index in [0.29, 0.717) is 16.5 Å². The minimum absolute atomic E-state index is 0.234. The summed E-state index contributed by atoms with van der Waals surface area (Å²) in [5.74, 6) is 0.103. The van der Waals surface area contributed by atoms with Crippen molar-refractivity contribution in [1.29, 1.82) is 0 Å². The zero-order valence-corrected chi connectivity index (χ0v) is 14.7. The summed E-state index contributed by atoms with van der Waals surface area (Å²) >= 11 is 11.3. The molecule has 0 aliphatic rings. The minimum Gasteiger partial charge on any atom is -0.332 e. The smallest absolute Gasteiger partial charge is 0.257 e. The number of anilines is 1. The van der Waals surface area contributed by atoms with E-state index < -0.39 is 0 Å². The van der Waals surface area contributed by atoms with Crippen LogP contribution in [-0.2, 0) is 0 Å². The van der Waals surface area contributed by atoms with Crippen molar-refractivity contribution in [2.24, 2.45) is 0 Å². The van der Waals surface area contributed by atoms with Crippen molar-refractivity contribution < 1.29 is 4.79 Å². The number of carbonyl (C=O) groups excluding carboxylic acids is 1. The Balaban J connectivity index is 2.10. The van der Waals surface area contributed by atoms with Crippen LogP contribution in [0, 0.1) is 0 Å². The molecule has 23 heavy (non-hydrogen) atoms. The normalized spacial score (nSPS) is 11.6. The molecule has 1 unspecified atom stereocenters. The first-order valence-corrected chi connectivity index (χ1v) is 8.26. The molecular formula is C18H19ClN2OS. The van der Waals surface area contributed by atoms with Crippen LogP contribution < -0.4 is 10.6 Å². The van der Waals surface area contributed by atoms with E-state index >= 15 is 0 Å². The molecule has 0 aliphatic heterocycles. The van der Waals surface area contributed by atoms with Crippen LogP contribution >= 0.6 is 23.8 Å². The van der Waals surface area contributed by atoms with Gasteiger partial charge in [0.2, 0.25) is 0 Å². The monoisotopic (exact) mass is 346 g/mol. The zero-order chi connectivity index (χ0) is 16.8. The summed E-state index contributed by atoms with van der Waals surface area (Å²) in [5, 5.41) is 6.74. The van der Waals surface area contributed by atoms with E-state index in [4.69, 9.17) is 23.8 Å². The molecule has 0 radical (unpaired) electrons. The number of nitrogens with one attached hydrogen (secondary N) is 2. The van der Waals surface area contributed by atoms with Crippen LogP contribution in [0.5, 0.6) is 0 Å². The largest absolute Gasteiger partial charge is 0.332 e. The molecule has 0 aromatic heterocycles. The third kappa shape index (κ3) is 4.78. The summed E-state index contributed by atoms with van der Waals surface area (Å²) < 4.78 is 0. The van der Waals surface area contributed by atoms with Crippen LogP contribution in [0.2, 0.25) is 5.02 Å². The predicted molar refractivity (Wildman–Crippen MR) is 100 cm³/mol. The molecule has 120 valence electrons. The highest BCUT2D eigenvalue weighted by Crippen LogP contribution is 2.29. The number of benzene rings is 2. The van der Waals surface area contributed by atoms with Crippen LogP contribution in [-0.4, -0.2) is 11.0 Å². The number of thiocarbonyl (C=S) groups is 1. The molecule has 0 heterocycles. The van der Waals surface area contributed by atoms with Crippen LogP contribution in [0.25, 0.3) is 0 Å². The number of carbonyl (C=O) groups is 1. The Morgan fingerprint density at radius 1 is 1.22 bits per heavy atom. The Hall–Kier alpha value is -1.91. The van der Waals surface area contributed by atoms with Gasteiger partial charge in [0.1, 0.15) is 0 Å². The van der Waals surface area contributed by atoms with E-state index in [1.54, 1.807) is 18.2 Å². The first-order chi connectivity index (χ1) is 11.0. The molecule has 1 amide bonds. The highest BCUT2D eigenvalue weighted by atomic mass is 35.5. The van der Waals surface area contributed by atoms with Crippen molar-refractivity contribution in [2.45, 2.75) is 26.2 Å². The number of hydrogen-bond acceptors (Lipinski definition) is 2. The van der Waals surface area contributed by atoms with Gasteiger partial charge in [0.25, 0.3) is 5.91 Å². The maximum atomic E-state index is 12.1. The summed E-state index contributed by atoms with van der Waals surface area (Å²) in [6, 6.07) is 14.6. The SMILES string of the molecule is CCC(C)c1cc(Cl)ccc1NC(=S)NC(=O)c1ccccc1. The van der Waals surface area contributed by atoms with Crippen molar-refractivity contribution in [3.8, 4) is 0 Å². The zero-order valence-electron chi connectivity index (χ0n) is 13.1. The van der Waals surface area contributed by atoms with Crippen LogP contribution in [0.3, 0.4) is 0 Å². The lowest BCUT2D eigenvalue weighted by Crippen LogP contribution is -2.34. The van der Waals surface area contributed by atoms with Gasteiger partial charge in [0, 0.05) is 16.3 Å². The molecule has 2 aromatic rings. The molecule has 0 spiro atoms. The topological polar surface area (TPSA) is 41.1 Å². The lowest BCUT2D eigenvalue weighted by molar-refractivity contribution is 0.0977. The van der Waals surface area contributed by atoms with E-state index in [2.05, 4.69) is 24.5 Å². The second kappa shape index (κ2) is 8.09. The first kappa shape index (κ1) is 17.4. The summed E-state index contributed by atoms with van der Waals surface area (Å²) in [5.41, 5.74) is 2.51. The average molecular weight is 347 g/mol.